The molecule has 1 aromatic rings. The molecule has 0 fully saturated rings. The first-order valence-corrected chi connectivity index (χ1v) is 4.51. The third-order valence-corrected chi connectivity index (χ3v) is 2.22. The normalized spacial score (nSPS) is 12.6. The lowest BCUT2D eigenvalue weighted by molar-refractivity contribution is 0.401. The van der Waals surface area contributed by atoms with Crippen molar-refractivity contribution in [2.45, 2.75) is 11.8 Å². The molecule has 0 amide bonds. The number of ether oxygens (including phenoxy) is 1. The summed E-state index contributed by atoms with van der Waals surface area (Å²) >= 11 is -1.97. The second kappa shape index (κ2) is 3.69. The van der Waals surface area contributed by atoms with Crippen LogP contribution in [0.3, 0.4) is 0 Å². The summed E-state index contributed by atoms with van der Waals surface area (Å²) in [6, 6.07) is 5.08. The van der Waals surface area contributed by atoms with E-state index < -0.39 is 11.1 Å². The van der Waals surface area contributed by atoms with Gasteiger partial charge in [-0.2, -0.15) is 0 Å². The largest absolute Gasteiger partial charge is 0.495 e. The molecular formula is C8H10O3S. The Morgan fingerprint density at radius 1 is 1.50 bits per heavy atom. The Morgan fingerprint density at radius 3 is 2.67 bits per heavy atom. The van der Waals surface area contributed by atoms with Gasteiger partial charge < -0.3 is 9.29 Å². The summed E-state index contributed by atoms with van der Waals surface area (Å²) in [4.78, 5) is 0.308. The van der Waals surface area contributed by atoms with Crippen LogP contribution in [0.5, 0.6) is 5.75 Å². The maximum atomic E-state index is 10.7. The van der Waals surface area contributed by atoms with Gasteiger partial charge in [0.2, 0.25) is 0 Å². The second-order valence-corrected chi connectivity index (χ2v) is 3.34. The number of aryl methyl sites for hydroxylation is 1. The van der Waals surface area contributed by atoms with Crippen LogP contribution in [0.1, 0.15) is 5.56 Å². The number of rotatable bonds is 2. The molecular weight excluding hydrogens is 176 g/mol. The summed E-state index contributed by atoms with van der Waals surface area (Å²) in [6.45, 7) is 1.90. The molecule has 0 saturated heterocycles. The van der Waals surface area contributed by atoms with Crippen molar-refractivity contribution >= 4 is 11.1 Å². The maximum absolute atomic E-state index is 10.7. The van der Waals surface area contributed by atoms with E-state index in [9.17, 15) is 4.21 Å². The van der Waals surface area contributed by atoms with Crippen LogP contribution in [0, 0.1) is 6.92 Å². The van der Waals surface area contributed by atoms with E-state index in [-0.39, 0.29) is 0 Å². The quantitative estimate of drug-likeness (QED) is 0.713. The van der Waals surface area contributed by atoms with Gasteiger partial charge in [0.1, 0.15) is 10.6 Å². The first kappa shape index (κ1) is 9.22. The third-order valence-electron chi connectivity index (χ3n) is 1.51. The van der Waals surface area contributed by atoms with Gasteiger partial charge in [-0.15, -0.1) is 0 Å². The molecule has 0 spiro atoms. The predicted octanol–water partition coefficient (Wildman–Crippen LogP) is 1.58. The minimum Gasteiger partial charge on any atom is -0.495 e. The first-order chi connectivity index (χ1) is 5.65. The van der Waals surface area contributed by atoms with Crippen molar-refractivity contribution in [1.29, 1.82) is 0 Å². The highest BCUT2D eigenvalue weighted by Crippen LogP contribution is 2.22. The lowest BCUT2D eigenvalue weighted by atomic mass is 10.2. The third kappa shape index (κ3) is 1.84. The van der Waals surface area contributed by atoms with Crippen molar-refractivity contribution in [1.82, 2.24) is 0 Å². The van der Waals surface area contributed by atoms with Gasteiger partial charge in [0.05, 0.1) is 7.11 Å². The summed E-state index contributed by atoms with van der Waals surface area (Å²) in [6.07, 6.45) is 0. The van der Waals surface area contributed by atoms with Gasteiger partial charge in [0.15, 0.2) is 11.1 Å². The van der Waals surface area contributed by atoms with Crippen molar-refractivity contribution in [2.24, 2.45) is 0 Å². The van der Waals surface area contributed by atoms with Crippen molar-refractivity contribution in [3.63, 3.8) is 0 Å². The maximum Gasteiger partial charge on any atom is 0.190 e. The molecule has 0 heterocycles. The molecule has 0 radical (unpaired) electrons. The van der Waals surface area contributed by atoms with Crippen LogP contribution >= 0.6 is 0 Å². The molecule has 1 rings (SSSR count). The van der Waals surface area contributed by atoms with E-state index >= 15 is 0 Å². The van der Waals surface area contributed by atoms with Gasteiger partial charge >= 0.3 is 0 Å². The smallest absolute Gasteiger partial charge is 0.190 e. The average Bonchev–Trinajstić information content (AvgIpc) is 2.03. The Bertz CT molecular complexity index is 309. The molecule has 3 nitrogen and oxygen atoms in total. The fraction of sp³-hybridized carbons (Fsp3) is 0.250. The summed E-state index contributed by atoms with van der Waals surface area (Å²) in [5, 5.41) is 0. The minimum absolute atomic E-state index is 0.308. The van der Waals surface area contributed by atoms with Gasteiger partial charge in [-0.05, 0) is 24.6 Å². The molecule has 12 heavy (non-hydrogen) atoms. The van der Waals surface area contributed by atoms with E-state index in [1.165, 1.54) is 7.11 Å². The van der Waals surface area contributed by atoms with Crippen molar-refractivity contribution in [3.8, 4) is 5.75 Å². The highest BCUT2D eigenvalue weighted by Gasteiger charge is 2.07. The highest BCUT2D eigenvalue weighted by molar-refractivity contribution is 7.79. The number of benzene rings is 1. The summed E-state index contributed by atoms with van der Waals surface area (Å²) < 4.78 is 24.5. The zero-order chi connectivity index (χ0) is 9.14. The van der Waals surface area contributed by atoms with Crippen LogP contribution in [-0.4, -0.2) is 15.9 Å². The Morgan fingerprint density at radius 2 is 2.17 bits per heavy atom. The molecule has 0 aliphatic heterocycles. The molecule has 1 aromatic carbocycles. The van der Waals surface area contributed by atoms with Crippen molar-refractivity contribution in [2.75, 3.05) is 7.11 Å². The van der Waals surface area contributed by atoms with Crippen molar-refractivity contribution < 1.29 is 13.5 Å². The molecule has 1 atom stereocenters. The highest BCUT2D eigenvalue weighted by atomic mass is 32.2. The molecule has 0 saturated carbocycles. The van der Waals surface area contributed by atoms with Crippen LogP contribution in [0.25, 0.3) is 0 Å². The van der Waals surface area contributed by atoms with Crippen LogP contribution < -0.4 is 4.74 Å². The fourth-order valence-electron chi connectivity index (χ4n) is 0.919. The van der Waals surface area contributed by atoms with Gasteiger partial charge in [-0.25, -0.2) is 4.21 Å². The topological polar surface area (TPSA) is 46.5 Å². The fourth-order valence-corrected chi connectivity index (χ4v) is 1.42. The number of hydrogen-bond donors (Lipinski definition) is 1. The van der Waals surface area contributed by atoms with E-state index in [2.05, 4.69) is 0 Å². The summed E-state index contributed by atoms with van der Waals surface area (Å²) in [5.74, 6) is 0.454. The van der Waals surface area contributed by atoms with Gasteiger partial charge in [0, 0.05) is 0 Å². The Labute approximate surface area is 73.7 Å². The lowest BCUT2D eigenvalue weighted by Crippen LogP contribution is -1.94. The van der Waals surface area contributed by atoms with Crippen LogP contribution in [0.2, 0.25) is 0 Å². The van der Waals surface area contributed by atoms with E-state index in [4.69, 9.17) is 9.29 Å². The summed E-state index contributed by atoms with van der Waals surface area (Å²) in [7, 11) is 1.48. The van der Waals surface area contributed by atoms with E-state index in [0.29, 0.717) is 10.6 Å². The molecule has 0 aliphatic carbocycles. The molecule has 0 aromatic heterocycles. The van der Waals surface area contributed by atoms with E-state index in [1.54, 1.807) is 18.2 Å². The van der Waals surface area contributed by atoms with Crippen LogP contribution in [-0.2, 0) is 11.1 Å². The van der Waals surface area contributed by atoms with Crippen molar-refractivity contribution in [3.05, 3.63) is 23.8 Å². The molecule has 1 unspecified atom stereocenters. The zero-order valence-electron chi connectivity index (χ0n) is 6.90. The number of methoxy groups -OCH3 is 1. The van der Waals surface area contributed by atoms with E-state index in [0.717, 1.165) is 5.56 Å². The minimum atomic E-state index is -1.97. The Kier molecular flexibility index (Phi) is 2.83. The molecule has 0 bridgehead atoms. The molecule has 66 valence electrons. The molecule has 1 N–H and O–H groups in total. The summed E-state index contributed by atoms with van der Waals surface area (Å²) in [5.41, 5.74) is 1.00. The van der Waals surface area contributed by atoms with Gasteiger partial charge in [-0.1, -0.05) is 6.07 Å². The Balaban J connectivity index is 3.20. The monoisotopic (exact) mass is 186 g/mol. The number of hydrogen-bond acceptors (Lipinski definition) is 2. The molecule has 0 aliphatic rings. The van der Waals surface area contributed by atoms with Crippen LogP contribution in [0.4, 0.5) is 0 Å². The van der Waals surface area contributed by atoms with Gasteiger partial charge in [-0.3, -0.25) is 0 Å². The van der Waals surface area contributed by atoms with E-state index in [1.807, 2.05) is 6.92 Å². The van der Waals surface area contributed by atoms with Crippen LogP contribution in [0.15, 0.2) is 23.1 Å². The van der Waals surface area contributed by atoms with Gasteiger partial charge in [0.25, 0.3) is 0 Å². The second-order valence-electron chi connectivity index (χ2n) is 2.40. The predicted molar refractivity (Wildman–Crippen MR) is 46.8 cm³/mol. The zero-order valence-corrected chi connectivity index (χ0v) is 7.72. The lowest BCUT2D eigenvalue weighted by Gasteiger charge is -2.04. The SMILES string of the molecule is COc1cc(C)ccc1S(=O)O. The molecule has 4 heteroatoms. The first-order valence-electron chi connectivity index (χ1n) is 3.40. The standard InChI is InChI=1S/C8H10O3S/c1-6-3-4-8(12(9)10)7(5-6)11-2/h3-5H,1-2H3,(H,9,10). The Hall–Kier alpha value is -0.870. The average molecular weight is 186 g/mol.